The van der Waals surface area contributed by atoms with Crippen molar-refractivity contribution < 1.29 is 22.8 Å². The van der Waals surface area contributed by atoms with Gasteiger partial charge < -0.3 is 4.90 Å². The predicted octanol–water partition coefficient (Wildman–Crippen LogP) is 2.82. The lowest BCUT2D eigenvalue weighted by Gasteiger charge is -2.11. The Morgan fingerprint density at radius 1 is 1.21 bits per heavy atom. The number of amides is 2. The minimum absolute atomic E-state index is 0.147. The normalized spacial score (nSPS) is 11.2. The lowest BCUT2D eigenvalue weighted by atomic mass is 10.1. The number of carbonyl (C=O) groups is 2. The molecule has 10 heteroatoms. The van der Waals surface area contributed by atoms with Crippen LogP contribution in [-0.2, 0) is 6.18 Å². The molecule has 0 atom stereocenters. The summed E-state index contributed by atoms with van der Waals surface area (Å²) in [6.45, 7) is 1.53. The first-order valence-corrected chi connectivity index (χ1v) is 7.51. The van der Waals surface area contributed by atoms with E-state index in [4.69, 9.17) is 0 Å². The van der Waals surface area contributed by atoms with E-state index in [2.05, 4.69) is 15.3 Å². The molecule has 0 spiro atoms. The number of alkyl halides is 3. The molecule has 0 aliphatic rings. The van der Waals surface area contributed by atoms with E-state index in [1.807, 2.05) is 0 Å². The van der Waals surface area contributed by atoms with Crippen LogP contribution in [0.15, 0.2) is 17.5 Å². The largest absolute Gasteiger partial charge is 0.434 e. The molecule has 0 bridgehead atoms. The first-order chi connectivity index (χ1) is 11.1. The zero-order valence-corrected chi connectivity index (χ0v) is 13.7. The molecule has 2 amide bonds. The maximum absolute atomic E-state index is 12.5. The minimum Gasteiger partial charge on any atom is -0.343 e. The lowest BCUT2D eigenvalue weighted by molar-refractivity contribution is -0.140. The predicted molar refractivity (Wildman–Crippen MR) is 82.1 cm³/mol. The van der Waals surface area contributed by atoms with Crippen molar-refractivity contribution in [3.05, 3.63) is 40.2 Å². The van der Waals surface area contributed by atoms with E-state index in [-0.39, 0.29) is 28.0 Å². The number of nitrogens with one attached hydrogen (secondary N) is 1. The molecule has 0 aliphatic carbocycles. The molecule has 6 nitrogen and oxygen atoms in total. The number of halogens is 3. The Balaban J connectivity index is 2.18. The van der Waals surface area contributed by atoms with E-state index in [1.54, 1.807) is 14.1 Å². The van der Waals surface area contributed by atoms with Crippen LogP contribution < -0.4 is 5.32 Å². The van der Waals surface area contributed by atoms with Gasteiger partial charge in [0.15, 0.2) is 10.8 Å². The van der Waals surface area contributed by atoms with Crippen molar-refractivity contribution in [2.75, 3.05) is 19.4 Å². The van der Waals surface area contributed by atoms with Crippen LogP contribution in [0.25, 0.3) is 0 Å². The topological polar surface area (TPSA) is 75.2 Å². The van der Waals surface area contributed by atoms with Crippen molar-refractivity contribution >= 4 is 28.3 Å². The van der Waals surface area contributed by atoms with Gasteiger partial charge in [-0.15, -0.1) is 11.3 Å². The smallest absolute Gasteiger partial charge is 0.343 e. The average molecular weight is 358 g/mol. The number of pyridine rings is 1. The van der Waals surface area contributed by atoms with Gasteiger partial charge in [-0.25, -0.2) is 9.97 Å². The highest BCUT2D eigenvalue weighted by Crippen LogP contribution is 2.31. The van der Waals surface area contributed by atoms with Crippen molar-refractivity contribution in [2.45, 2.75) is 13.1 Å². The number of aryl methyl sites for hydroxylation is 1. The number of aromatic nitrogens is 2. The Bertz CT molecular complexity index is 787. The number of anilines is 1. The van der Waals surface area contributed by atoms with Crippen molar-refractivity contribution in [1.82, 2.24) is 14.9 Å². The van der Waals surface area contributed by atoms with Gasteiger partial charge >= 0.3 is 6.18 Å². The highest BCUT2D eigenvalue weighted by molar-refractivity contribution is 7.14. The zero-order chi connectivity index (χ0) is 18.1. The summed E-state index contributed by atoms with van der Waals surface area (Å²) in [6.07, 6.45) is -4.56. The van der Waals surface area contributed by atoms with Gasteiger partial charge in [0.05, 0.1) is 11.3 Å². The van der Waals surface area contributed by atoms with Gasteiger partial charge in [0.1, 0.15) is 5.69 Å². The zero-order valence-electron chi connectivity index (χ0n) is 12.9. The van der Waals surface area contributed by atoms with Gasteiger partial charge in [0.2, 0.25) is 0 Å². The Morgan fingerprint density at radius 2 is 1.88 bits per heavy atom. The molecule has 0 radical (unpaired) electrons. The van der Waals surface area contributed by atoms with Crippen LogP contribution in [0, 0.1) is 6.92 Å². The first-order valence-electron chi connectivity index (χ1n) is 6.63. The van der Waals surface area contributed by atoms with E-state index in [1.165, 1.54) is 24.0 Å². The molecule has 1 N–H and O–H groups in total. The van der Waals surface area contributed by atoms with E-state index >= 15 is 0 Å². The Kier molecular flexibility index (Phi) is 4.88. The van der Waals surface area contributed by atoms with E-state index in [9.17, 15) is 22.8 Å². The summed E-state index contributed by atoms with van der Waals surface area (Å²) in [5.74, 6) is -0.966. The summed E-state index contributed by atoms with van der Waals surface area (Å²) in [7, 11) is 3.14. The minimum atomic E-state index is -4.56. The van der Waals surface area contributed by atoms with Crippen molar-refractivity contribution in [3.8, 4) is 0 Å². The highest BCUT2D eigenvalue weighted by Gasteiger charge is 2.34. The quantitative estimate of drug-likeness (QED) is 0.916. The molecule has 0 saturated carbocycles. The Morgan fingerprint density at radius 3 is 2.38 bits per heavy atom. The van der Waals surface area contributed by atoms with Crippen LogP contribution in [0.2, 0.25) is 0 Å². The van der Waals surface area contributed by atoms with Gasteiger partial charge in [-0.3, -0.25) is 14.9 Å². The van der Waals surface area contributed by atoms with Crippen LogP contribution in [0.4, 0.5) is 18.3 Å². The fourth-order valence-corrected chi connectivity index (χ4v) is 2.49. The third-order valence-corrected chi connectivity index (χ3v) is 3.73. The summed E-state index contributed by atoms with van der Waals surface area (Å²) < 4.78 is 37.5. The second-order valence-electron chi connectivity index (χ2n) is 5.02. The third kappa shape index (κ3) is 3.88. The lowest BCUT2D eigenvalue weighted by Crippen LogP contribution is -2.23. The van der Waals surface area contributed by atoms with Gasteiger partial charge in [-0.1, -0.05) is 0 Å². The summed E-state index contributed by atoms with van der Waals surface area (Å²) in [5, 5.41) is 2.95. The molecule has 0 saturated heterocycles. The van der Waals surface area contributed by atoms with Crippen LogP contribution in [-0.4, -0.2) is 40.8 Å². The molecule has 24 heavy (non-hydrogen) atoms. The van der Waals surface area contributed by atoms with Gasteiger partial charge in [0.25, 0.3) is 11.8 Å². The first kappa shape index (κ1) is 17.9. The summed E-state index contributed by atoms with van der Waals surface area (Å²) >= 11 is 0.673. The molecule has 0 fully saturated rings. The molecule has 2 heterocycles. The summed E-state index contributed by atoms with van der Waals surface area (Å²) in [5.41, 5.74) is -0.464. The molecule has 2 rings (SSSR count). The van der Waals surface area contributed by atoms with Crippen molar-refractivity contribution in [2.24, 2.45) is 0 Å². The summed E-state index contributed by atoms with van der Waals surface area (Å²) in [6, 6.07) is 2.78. The van der Waals surface area contributed by atoms with E-state index in [0.29, 0.717) is 11.3 Å². The van der Waals surface area contributed by atoms with Crippen molar-refractivity contribution in [1.29, 1.82) is 0 Å². The van der Waals surface area contributed by atoms with Crippen molar-refractivity contribution in [3.63, 3.8) is 0 Å². The fraction of sp³-hybridized carbons (Fsp3) is 0.286. The molecular weight excluding hydrogens is 345 g/mol. The second kappa shape index (κ2) is 6.56. The molecular formula is C14H13F3N4O2S. The summed E-state index contributed by atoms with van der Waals surface area (Å²) in [4.78, 5) is 32.7. The molecule has 0 aliphatic heterocycles. The standard InChI is InChI=1S/C14H13F3N4O2S/c1-7-8(4-5-9(18-7)12(23)21(2)3)11(22)20-13-19-10(6-24-13)14(15,16)17/h4-6H,1-3H3,(H,19,20,22). The molecule has 128 valence electrons. The maximum Gasteiger partial charge on any atom is 0.434 e. The van der Waals surface area contributed by atoms with Crippen LogP contribution in [0.5, 0.6) is 0 Å². The molecule has 0 aromatic carbocycles. The van der Waals surface area contributed by atoms with Gasteiger partial charge in [-0.05, 0) is 19.1 Å². The fourth-order valence-electron chi connectivity index (χ4n) is 1.78. The van der Waals surface area contributed by atoms with Crippen LogP contribution in [0.1, 0.15) is 32.2 Å². The number of thiazole rings is 1. The number of carbonyl (C=O) groups excluding carboxylic acids is 2. The number of hydrogen-bond acceptors (Lipinski definition) is 5. The molecule has 2 aromatic rings. The SMILES string of the molecule is Cc1nc(C(=O)N(C)C)ccc1C(=O)Nc1nc(C(F)(F)F)cs1. The average Bonchev–Trinajstić information content (AvgIpc) is 2.94. The van der Waals surface area contributed by atoms with E-state index < -0.39 is 17.8 Å². The highest BCUT2D eigenvalue weighted by atomic mass is 32.1. The molecule has 2 aromatic heterocycles. The number of nitrogens with zero attached hydrogens (tertiary/aromatic N) is 3. The third-order valence-electron chi connectivity index (χ3n) is 2.97. The second-order valence-corrected chi connectivity index (χ2v) is 5.88. The molecule has 0 unspecified atom stereocenters. The van der Waals surface area contributed by atoms with E-state index in [0.717, 1.165) is 5.38 Å². The van der Waals surface area contributed by atoms with Gasteiger partial charge in [0, 0.05) is 19.5 Å². The Hall–Kier alpha value is -2.49. The Labute approximate surface area is 139 Å². The number of hydrogen-bond donors (Lipinski definition) is 1. The number of rotatable bonds is 3. The maximum atomic E-state index is 12.5. The van der Waals surface area contributed by atoms with Crippen LogP contribution in [0.3, 0.4) is 0 Å². The monoisotopic (exact) mass is 358 g/mol. The van der Waals surface area contributed by atoms with Gasteiger partial charge in [-0.2, -0.15) is 13.2 Å². The van der Waals surface area contributed by atoms with Crippen LogP contribution >= 0.6 is 11.3 Å².